The molecule has 2 heterocycles. The van der Waals surface area contributed by atoms with Crippen molar-refractivity contribution in [2.75, 3.05) is 13.9 Å². The quantitative estimate of drug-likeness (QED) is 0.303. The molecule has 0 radical (unpaired) electrons. The van der Waals surface area contributed by atoms with E-state index in [4.69, 9.17) is 35.3 Å². The van der Waals surface area contributed by atoms with Crippen LogP contribution in [-0.2, 0) is 11.3 Å². The molecule has 0 atom stereocenters. The number of carbonyl (C=O) groups excluding carboxylic acids is 2. The lowest BCUT2D eigenvalue weighted by molar-refractivity contribution is -0.0165. The van der Waals surface area contributed by atoms with Gasteiger partial charge in [-0.25, -0.2) is 4.79 Å². The molecule has 0 spiro atoms. The highest BCUT2D eigenvalue weighted by Gasteiger charge is 2.29. The monoisotopic (exact) mass is 464 g/mol. The number of hydrogen-bond donors (Lipinski definition) is 0. The Morgan fingerprint density at radius 1 is 1.09 bits per heavy atom. The molecule has 3 aromatic carbocycles. The van der Waals surface area contributed by atoms with E-state index in [2.05, 4.69) is 0 Å². The van der Waals surface area contributed by atoms with Crippen molar-refractivity contribution in [1.82, 2.24) is 0 Å². The summed E-state index contributed by atoms with van der Waals surface area (Å²) in [5.41, 5.74) is 2.10. The van der Waals surface area contributed by atoms with Crippen molar-refractivity contribution < 1.29 is 33.3 Å². The summed E-state index contributed by atoms with van der Waals surface area (Å²) in [6.45, 7) is 0.477. The molecule has 8 heteroatoms. The number of ketones is 1. The molecular weight excluding hydrogens is 448 g/mol. The first-order valence-electron chi connectivity index (χ1n) is 9.99. The van der Waals surface area contributed by atoms with Crippen LogP contribution in [0.2, 0.25) is 5.02 Å². The first-order chi connectivity index (χ1) is 16.0. The Morgan fingerprint density at radius 3 is 2.82 bits per heavy atom. The van der Waals surface area contributed by atoms with Gasteiger partial charge in [0.2, 0.25) is 5.78 Å². The summed E-state index contributed by atoms with van der Waals surface area (Å²) in [4.78, 5) is 25.4. The molecule has 3 aromatic rings. The van der Waals surface area contributed by atoms with E-state index in [0.717, 1.165) is 5.56 Å². The van der Waals surface area contributed by atoms with Gasteiger partial charge in [-0.1, -0.05) is 17.7 Å². The fourth-order valence-corrected chi connectivity index (χ4v) is 3.85. The van der Waals surface area contributed by atoms with Crippen LogP contribution in [0, 0.1) is 0 Å². The molecule has 0 saturated carbocycles. The zero-order chi connectivity index (χ0) is 22.9. The number of Topliss-reactive ketones (excluding diaryl/α,β-unsaturated/α-hetero) is 1. The van der Waals surface area contributed by atoms with E-state index in [9.17, 15) is 9.59 Å². The second kappa shape index (κ2) is 8.61. The number of rotatable bonds is 4. The maximum absolute atomic E-state index is 12.9. The van der Waals surface area contributed by atoms with Crippen LogP contribution in [0.1, 0.15) is 31.8 Å². The molecule has 0 N–H and O–H groups in total. The van der Waals surface area contributed by atoms with Crippen LogP contribution in [0.3, 0.4) is 0 Å². The Hall–Kier alpha value is -3.81. The van der Waals surface area contributed by atoms with E-state index in [-0.39, 0.29) is 24.1 Å². The molecule has 0 saturated heterocycles. The minimum Gasteiger partial charge on any atom is -0.497 e. The minimum atomic E-state index is -0.557. The minimum absolute atomic E-state index is 0.112. The summed E-state index contributed by atoms with van der Waals surface area (Å²) in [5.74, 6) is 0.939. The summed E-state index contributed by atoms with van der Waals surface area (Å²) in [6, 6.07) is 14.7. The first-order valence-corrected chi connectivity index (χ1v) is 10.4. The van der Waals surface area contributed by atoms with E-state index in [1.54, 1.807) is 54.6 Å². The van der Waals surface area contributed by atoms with E-state index < -0.39 is 5.97 Å². The summed E-state index contributed by atoms with van der Waals surface area (Å²) in [5, 5.41) is 0.490. The van der Waals surface area contributed by atoms with Gasteiger partial charge in [0.15, 0.2) is 12.6 Å². The number of ether oxygens (including phenoxy) is 5. The van der Waals surface area contributed by atoms with Crippen molar-refractivity contribution in [3.8, 4) is 23.0 Å². The molecule has 7 nitrogen and oxygen atoms in total. The van der Waals surface area contributed by atoms with Crippen LogP contribution in [0.25, 0.3) is 6.08 Å². The molecule has 0 unspecified atom stereocenters. The van der Waals surface area contributed by atoms with Crippen molar-refractivity contribution in [2.24, 2.45) is 0 Å². The predicted octanol–water partition coefficient (Wildman–Crippen LogP) is 5.05. The van der Waals surface area contributed by atoms with Crippen LogP contribution in [0.4, 0.5) is 0 Å². The molecule has 33 heavy (non-hydrogen) atoms. The van der Waals surface area contributed by atoms with E-state index in [1.165, 1.54) is 13.2 Å². The van der Waals surface area contributed by atoms with Gasteiger partial charge in [0.1, 0.15) is 23.0 Å². The van der Waals surface area contributed by atoms with Gasteiger partial charge in [0.05, 0.1) is 24.8 Å². The van der Waals surface area contributed by atoms with Crippen LogP contribution < -0.4 is 18.9 Å². The summed E-state index contributed by atoms with van der Waals surface area (Å²) >= 11 is 6.21. The number of methoxy groups -OCH3 is 1. The number of allylic oxidation sites excluding steroid dienone is 1. The number of halogens is 1. The second-order valence-electron chi connectivity index (χ2n) is 7.31. The van der Waals surface area contributed by atoms with Gasteiger partial charge in [-0.2, -0.15) is 0 Å². The third kappa shape index (κ3) is 4.16. The molecule has 0 bridgehead atoms. The zero-order valence-electron chi connectivity index (χ0n) is 17.4. The number of esters is 1. The molecule has 166 valence electrons. The van der Waals surface area contributed by atoms with Crippen LogP contribution in [0.5, 0.6) is 23.0 Å². The normalized spacial score (nSPS) is 15.3. The van der Waals surface area contributed by atoms with Gasteiger partial charge >= 0.3 is 5.97 Å². The third-order valence-corrected chi connectivity index (χ3v) is 5.37. The lowest BCUT2D eigenvalue weighted by atomic mass is 10.1. The fraction of sp³-hybridized carbons (Fsp3) is 0.120. The fourth-order valence-electron chi connectivity index (χ4n) is 3.60. The zero-order valence-corrected chi connectivity index (χ0v) is 18.2. The van der Waals surface area contributed by atoms with Gasteiger partial charge in [-0.05, 0) is 48.5 Å². The highest BCUT2D eigenvalue weighted by Crippen LogP contribution is 2.38. The van der Waals surface area contributed by atoms with E-state index in [1.807, 2.05) is 0 Å². The SMILES string of the molecule is COc1cccc(C(=O)Oc2ccc3c(c2)OC(=Cc2cc(Cl)cc4c2OCOC4)C3=O)c1. The van der Waals surface area contributed by atoms with E-state index >= 15 is 0 Å². The Labute approximate surface area is 194 Å². The van der Waals surface area contributed by atoms with Crippen molar-refractivity contribution in [3.63, 3.8) is 0 Å². The maximum Gasteiger partial charge on any atom is 0.343 e. The number of carbonyl (C=O) groups is 2. The lowest BCUT2D eigenvalue weighted by Gasteiger charge is -2.20. The van der Waals surface area contributed by atoms with Gasteiger partial charge in [-0.3, -0.25) is 4.79 Å². The number of hydrogen-bond acceptors (Lipinski definition) is 7. The highest BCUT2D eigenvalue weighted by atomic mass is 35.5. The van der Waals surface area contributed by atoms with Crippen LogP contribution >= 0.6 is 11.6 Å². The summed E-state index contributed by atoms with van der Waals surface area (Å²) in [6.07, 6.45) is 1.58. The number of fused-ring (bicyclic) bond motifs is 2. The molecule has 0 amide bonds. The summed E-state index contributed by atoms with van der Waals surface area (Å²) in [7, 11) is 1.52. The van der Waals surface area contributed by atoms with Crippen LogP contribution in [0.15, 0.2) is 60.4 Å². The topological polar surface area (TPSA) is 80.3 Å². The Morgan fingerprint density at radius 2 is 1.97 bits per heavy atom. The largest absolute Gasteiger partial charge is 0.497 e. The Balaban J connectivity index is 1.40. The van der Waals surface area contributed by atoms with Gasteiger partial charge < -0.3 is 23.7 Å². The maximum atomic E-state index is 12.9. The molecule has 2 aliphatic heterocycles. The van der Waals surface area contributed by atoms with E-state index in [0.29, 0.717) is 45.6 Å². The van der Waals surface area contributed by atoms with Crippen molar-refractivity contribution >= 4 is 29.4 Å². The van der Waals surface area contributed by atoms with Crippen molar-refractivity contribution in [2.45, 2.75) is 6.61 Å². The van der Waals surface area contributed by atoms with Crippen LogP contribution in [-0.4, -0.2) is 25.7 Å². The first kappa shape index (κ1) is 21.1. The molecule has 0 aromatic heterocycles. The molecule has 0 aliphatic carbocycles. The van der Waals surface area contributed by atoms with Crippen molar-refractivity contribution in [1.29, 1.82) is 0 Å². The molecule has 5 rings (SSSR count). The summed E-state index contributed by atoms with van der Waals surface area (Å²) < 4.78 is 27.3. The lowest BCUT2D eigenvalue weighted by Crippen LogP contribution is -2.12. The molecular formula is C25H17ClO7. The van der Waals surface area contributed by atoms with Gasteiger partial charge in [-0.15, -0.1) is 0 Å². The Kier molecular flexibility index (Phi) is 5.50. The van der Waals surface area contributed by atoms with Crippen molar-refractivity contribution in [3.05, 3.63) is 87.6 Å². The highest BCUT2D eigenvalue weighted by molar-refractivity contribution is 6.31. The average Bonchev–Trinajstić information content (AvgIpc) is 3.13. The Bertz CT molecular complexity index is 1310. The molecule has 2 aliphatic rings. The standard InChI is InChI=1S/C25H17ClO7/c1-29-18-4-2-3-14(9-18)25(28)32-19-5-6-20-21(11-19)33-22(23(20)27)10-15-7-17(26)8-16-12-30-13-31-24(15)16/h2-11H,12-13H2,1H3. The molecule has 0 fully saturated rings. The average molecular weight is 465 g/mol. The van der Waals surface area contributed by atoms with Gasteiger partial charge in [0.25, 0.3) is 0 Å². The third-order valence-electron chi connectivity index (χ3n) is 5.15. The predicted molar refractivity (Wildman–Crippen MR) is 119 cm³/mol. The smallest absolute Gasteiger partial charge is 0.343 e. The number of benzene rings is 3. The van der Waals surface area contributed by atoms with Gasteiger partial charge in [0, 0.05) is 22.2 Å². The second-order valence-corrected chi connectivity index (χ2v) is 7.75.